The summed E-state index contributed by atoms with van der Waals surface area (Å²) < 4.78 is 19.2. The molecule has 0 fully saturated rings. The van der Waals surface area contributed by atoms with Crippen molar-refractivity contribution in [3.05, 3.63) is 59.2 Å². The molecule has 4 heteroatoms. The molecule has 0 aliphatic carbocycles. The molecule has 100 valence electrons. The summed E-state index contributed by atoms with van der Waals surface area (Å²) in [6.07, 6.45) is 0.870. The molecule has 19 heavy (non-hydrogen) atoms. The molecule has 0 unspecified atom stereocenters. The largest absolute Gasteiger partial charge is 0.487 e. The number of halogens is 1. The number of hydrogen-bond acceptors (Lipinski definition) is 3. The van der Waals surface area contributed by atoms with Crippen LogP contribution < -0.4 is 4.74 Å². The zero-order valence-electron chi connectivity index (χ0n) is 10.9. The highest BCUT2D eigenvalue weighted by Gasteiger charge is 2.09. The zero-order chi connectivity index (χ0) is 13.8. The minimum atomic E-state index is -0.827. The van der Waals surface area contributed by atoms with Crippen LogP contribution in [0.1, 0.15) is 29.8 Å². The fraction of sp³-hybridized carbons (Fsp3) is 0.267. The highest BCUT2D eigenvalue weighted by atomic mass is 19.1. The normalized spacial score (nSPS) is 12.2. The van der Waals surface area contributed by atoms with Gasteiger partial charge in [0.1, 0.15) is 18.2 Å². The average molecular weight is 261 g/mol. The van der Waals surface area contributed by atoms with Crippen molar-refractivity contribution in [1.82, 2.24) is 4.98 Å². The predicted molar refractivity (Wildman–Crippen MR) is 70.3 cm³/mol. The first-order chi connectivity index (χ1) is 9.08. The number of nitrogens with zero attached hydrogens (tertiary/aromatic N) is 1. The number of rotatable bonds is 4. The molecule has 0 amide bonds. The molecule has 0 aliphatic rings. The van der Waals surface area contributed by atoms with E-state index in [2.05, 4.69) is 4.98 Å². The molecule has 1 N–H and O–H groups in total. The van der Waals surface area contributed by atoms with Gasteiger partial charge in [-0.1, -0.05) is 6.07 Å². The Balaban J connectivity index is 2.08. The first-order valence-electron chi connectivity index (χ1n) is 6.08. The van der Waals surface area contributed by atoms with E-state index in [0.29, 0.717) is 12.4 Å². The Morgan fingerprint density at radius 3 is 2.79 bits per heavy atom. The van der Waals surface area contributed by atoms with E-state index in [1.54, 1.807) is 12.3 Å². The monoisotopic (exact) mass is 261 g/mol. The summed E-state index contributed by atoms with van der Waals surface area (Å²) in [5.41, 5.74) is 2.12. The number of aliphatic hydroxyl groups is 1. The highest BCUT2D eigenvalue weighted by molar-refractivity contribution is 5.30. The van der Waals surface area contributed by atoms with Crippen LogP contribution in [0.4, 0.5) is 4.39 Å². The van der Waals surface area contributed by atoms with E-state index in [1.165, 1.54) is 19.1 Å². The Bertz CT molecular complexity index is 570. The maximum Gasteiger partial charge on any atom is 0.132 e. The second-order valence-electron chi connectivity index (χ2n) is 4.41. The van der Waals surface area contributed by atoms with E-state index in [9.17, 15) is 9.50 Å². The van der Waals surface area contributed by atoms with Gasteiger partial charge in [0.2, 0.25) is 0 Å². The fourth-order valence-corrected chi connectivity index (χ4v) is 1.76. The molecule has 2 rings (SSSR count). The van der Waals surface area contributed by atoms with E-state index in [-0.39, 0.29) is 5.56 Å². The van der Waals surface area contributed by atoms with Gasteiger partial charge in [0.15, 0.2) is 0 Å². The van der Waals surface area contributed by atoms with Crippen molar-refractivity contribution in [1.29, 1.82) is 0 Å². The molecule has 1 atom stereocenters. The minimum absolute atomic E-state index is 0.265. The van der Waals surface area contributed by atoms with Gasteiger partial charge in [-0.25, -0.2) is 4.39 Å². The van der Waals surface area contributed by atoms with Gasteiger partial charge >= 0.3 is 0 Å². The van der Waals surface area contributed by atoms with Crippen molar-refractivity contribution in [2.45, 2.75) is 26.6 Å². The summed E-state index contributed by atoms with van der Waals surface area (Å²) in [6, 6.07) is 8.25. The average Bonchev–Trinajstić information content (AvgIpc) is 2.37. The zero-order valence-corrected chi connectivity index (χ0v) is 10.9. The number of aliphatic hydroxyl groups excluding tert-OH is 1. The van der Waals surface area contributed by atoms with Crippen molar-refractivity contribution in [2.75, 3.05) is 0 Å². The van der Waals surface area contributed by atoms with Gasteiger partial charge in [-0.3, -0.25) is 4.98 Å². The molecule has 0 aliphatic heterocycles. The fourth-order valence-electron chi connectivity index (χ4n) is 1.76. The van der Waals surface area contributed by atoms with Gasteiger partial charge in [-0.15, -0.1) is 0 Å². The Labute approximate surface area is 111 Å². The summed E-state index contributed by atoms with van der Waals surface area (Å²) in [6.45, 7) is 3.76. The summed E-state index contributed by atoms with van der Waals surface area (Å²) in [4.78, 5) is 4.20. The van der Waals surface area contributed by atoms with Crippen LogP contribution >= 0.6 is 0 Å². The van der Waals surface area contributed by atoms with Gasteiger partial charge in [0.25, 0.3) is 0 Å². The number of aryl methyl sites for hydroxylation is 1. The van der Waals surface area contributed by atoms with Gasteiger partial charge in [0.05, 0.1) is 11.8 Å². The first-order valence-corrected chi connectivity index (χ1v) is 6.08. The van der Waals surface area contributed by atoms with Crippen LogP contribution in [-0.4, -0.2) is 10.1 Å². The Hall–Kier alpha value is -1.94. The second-order valence-corrected chi connectivity index (χ2v) is 4.41. The van der Waals surface area contributed by atoms with Crippen molar-refractivity contribution >= 4 is 0 Å². The lowest BCUT2D eigenvalue weighted by Crippen LogP contribution is -2.02. The molecule has 1 heterocycles. The van der Waals surface area contributed by atoms with Crippen LogP contribution in [0, 0.1) is 12.7 Å². The van der Waals surface area contributed by atoms with Crippen molar-refractivity contribution in [2.24, 2.45) is 0 Å². The summed E-state index contributed by atoms with van der Waals surface area (Å²) in [5.74, 6) is -0.0443. The van der Waals surface area contributed by atoms with E-state index in [0.717, 1.165) is 11.3 Å². The number of ether oxygens (including phenoxy) is 1. The molecule has 2 aromatic rings. The molecule has 0 spiro atoms. The van der Waals surface area contributed by atoms with Crippen molar-refractivity contribution < 1.29 is 14.2 Å². The van der Waals surface area contributed by atoms with E-state index >= 15 is 0 Å². The highest BCUT2D eigenvalue weighted by Crippen LogP contribution is 2.22. The maximum absolute atomic E-state index is 13.7. The Kier molecular flexibility index (Phi) is 4.12. The molecule has 1 aromatic heterocycles. The van der Waals surface area contributed by atoms with Crippen molar-refractivity contribution in [3.8, 4) is 5.75 Å². The lowest BCUT2D eigenvalue weighted by Gasteiger charge is -2.10. The smallest absolute Gasteiger partial charge is 0.132 e. The standard InChI is InChI=1S/C15H16FNO2/c1-10-4-3-7-17-15(10)9-19-12-5-6-13(11(2)18)14(16)8-12/h3-8,11,18H,9H2,1-2H3/t11-/m0/s1. The summed E-state index contributed by atoms with van der Waals surface area (Å²) in [7, 11) is 0. The van der Waals surface area contributed by atoms with Gasteiger partial charge < -0.3 is 9.84 Å². The third kappa shape index (κ3) is 3.29. The van der Waals surface area contributed by atoms with Crippen LogP contribution in [0.5, 0.6) is 5.75 Å². The van der Waals surface area contributed by atoms with Gasteiger partial charge in [-0.05, 0) is 37.6 Å². The third-order valence-corrected chi connectivity index (χ3v) is 2.92. The predicted octanol–water partition coefficient (Wildman–Crippen LogP) is 3.16. The van der Waals surface area contributed by atoms with E-state index in [4.69, 9.17) is 4.74 Å². The van der Waals surface area contributed by atoms with Crippen molar-refractivity contribution in [3.63, 3.8) is 0 Å². The van der Waals surface area contributed by atoms with E-state index in [1.807, 2.05) is 19.1 Å². The minimum Gasteiger partial charge on any atom is -0.487 e. The van der Waals surface area contributed by atoms with Crippen LogP contribution in [0.15, 0.2) is 36.5 Å². The van der Waals surface area contributed by atoms with Gasteiger partial charge in [0, 0.05) is 17.8 Å². The molecular weight excluding hydrogens is 245 g/mol. The van der Waals surface area contributed by atoms with Crippen LogP contribution in [0.2, 0.25) is 0 Å². The molecule has 1 aromatic carbocycles. The number of benzene rings is 1. The lowest BCUT2D eigenvalue weighted by atomic mass is 10.1. The Morgan fingerprint density at radius 2 is 2.16 bits per heavy atom. The van der Waals surface area contributed by atoms with Crippen LogP contribution in [-0.2, 0) is 6.61 Å². The number of hydrogen-bond donors (Lipinski definition) is 1. The summed E-state index contributed by atoms with van der Waals surface area (Å²) in [5, 5.41) is 9.35. The third-order valence-electron chi connectivity index (χ3n) is 2.92. The van der Waals surface area contributed by atoms with Crippen LogP contribution in [0.3, 0.4) is 0 Å². The topological polar surface area (TPSA) is 42.4 Å². The first kappa shape index (κ1) is 13.5. The second kappa shape index (κ2) is 5.80. The summed E-state index contributed by atoms with van der Waals surface area (Å²) >= 11 is 0. The van der Waals surface area contributed by atoms with Crippen LogP contribution in [0.25, 0.3) is 0 Å². The maximum atomic E-state index is 13.7. The van der Waals surface area contributed by atoms with Gasteiger partial charge in [-0.2, -0.15) is 0 Å². The molecule has 3 nitrogen and oxygen atoms in total. The molecule has 0 saturated carbocycles. The quantitative estimate of drug-likeness (QED) is 0.919. The SMILES string of the molecule is Cc1cccnc1COc1ccc([C@H](C)O)c(F)c1. The number of pyridine rings is 1. The lowest BCUT2D eigenvalue weighted by molar-refractivity contribution is 0.193. The Morgan fingerprint density at radius 1 is 1.37 bits per heavy atom. The number of aromatic nitrogens is 1. The molecular formula is C15H16FNO2. The molecule has 0 radical (unpaired) electrons. The molecule has 0 bridgehead atoms. The van der Waals surface area contributed by atoms with E-state index < -0.39 is 11.9 Å². The molecule has 0 saturated heterocycles.